The van der Waals surface area contributed by atoms with Gasteiger partial charge < -0.3 is 5.11 Å². The van der Waals surface area contributed by atoms with Crippen molar-refractivity contribution in [3.05, 3.63) is 35.1 Å². The van der Waals surface area contributed by atoms with Crippen LogP contribution in [0.15, 0.2) is 18.2 Å². The smallest absolute Gasteiger partial charge is 0.123 e. The second-order valence-corrected chi connectivity index (χ2v) is 5.50. The third-order valence-electron chi connectivity index (χ3n) is 2.45. The first-order valence-corrected chi connectivity index (χ1v) is 5.15. The van der Waals surface area contributed by atoms with Crippen LogP contribution in [0.2, 0.25) is 0 Å². The summed E-state index contributed by atoms with van der Waals surface area (Å²) in [7, 11) is 0. The van der Waals surface area contributed by atoms with E-state index in [1.165, 1.54) is 12.1 Å². The van der Waals surface area contributed by atoms with Gasteiger partial charge in [-0.15, -0.1) is 0 Å². The van der Waals surface area contributed by atoms with Crippen molar-refractivity contribution in [3.63, 3.8) is 0 Å². The monoisotopic (exact) mass is 210 g/mol. The maximum absolute atomic E-state index is 13.2. The lowest BCUT2D eigenvalue weighted by atomic mass is 9.79. The van der Waals surface area contributed by atoms with Crippen molar-refractivity contribution in [3.8, 4) is 0 Å². The standard InChI is InChI=1S/C13H19FO/c1-12(2,3)10-7-6-9(14)8-11(10)13(4,5)15/h6-8,15H,1-5H3. The molecule has 0 aliphatic carbocycles. The molecule has 15 heavy (non-hydrogen) atoms. The van der Waals surface area contributed by atoms with Crippen LogP contribution < -0.4 is 0 Å². The lowest BCUT2D eigenvalue weighted by molar-refractivity contribution is 0.0762. The minimum atomic E-state index is -1.01. The molecule has 0 aromatic heterocycles. The Hall–Kier alpha value is -0.890. The van der Waals surface area contributed by atoms with Gasteiger partial charge in [0, 0.05) is 0 Å². The van der Waals surface area contributed by atoms with Crippen molar-refractivity contribution >= 4 is 0 Å². The van der Waals surface area contributed by atoms with Gasteiger partial charge in [-0.25, -0.2) is 4.39 Å². The van der Waals surface area contributed by atoms with Crippen LogP contribution >= 0.6 is 0 Å². The van der Waals surface area contributed by atoms with Crippen LogP contribution in [-0.4, -0.2) is 5.11 Å². The predicted octanol–water partition coefficient (Wildman–Crippen LogP) is 3.35. The molecule has 0 saturated heterocycles. The van der Waals surface area contributed by atoms with E-state index >= 15 is 0 Å². The third kappa shape index (κ3) is 2.78. The van der Waals surface area contributed by atoms with E-state index in [2.05, 4.69) is 20.8 Å². The Morgan fingerprint density at radius 1 is 1.00 bits per heavy atom. The molecular formula is C13H19FO. The fourth-order valence-corrected chi connectivity index (χ4v) is 1.68. The molecule has 1 aromatic rings. The van der Waals surface area contributed by atoms with E-state index in [0.29, 0.717) is 5.56 Å². The topological polar surface area (TPSA) is 20.2 Å². The Bertz CT molecular complexity index is 356. The first-order valence-electron chi connectivity index (χ1n) is 5.15. The van der Waals surface area contributed by atoms with Crippen molar-refractivity contribution < 1.29 is 9.50 Å². The molecule has 1 N–H and O–H groups in total. The van der Waals surface area contributed by atoms with Gasteiger partial charge in [0.05, 0.1) is 5.60 Å². The number of hydrogen-bond acceptors (Lipinski definition) is 1. The van der Waals surface area contributed by atoms with Gasteiger partial charge in [0.15, 0.2) is 0 Å². The molecule has 0 fully saturated rings. The predicted molar refractivity (Wildman–Crippen MR) is 60.3 cm³/mol. The second-order valence-electron chi connectivity index (χ2n) is 5.50. The van der Waals surface area contributed by atoms with Gasteiger partial charge in [-0.2, -0.15) is 0 Å². The van der Waals surface area contributed by atoms with Crippen molar-refractivity contribution in [2.24, 2.45) is 0 Å². The first-order chi connectivity index (χ1) is 6.62. The van der Waals surface area contributed by atoms with Gasteiger partial charge in [0.25, 0.3) is 0 Å². The van der Waals surface area contributed by atoms with E-state index in [1.54, 1.807) is 19.9 Å². The van der Waals surface area contributed by atoms with E-state index < -0.39 is 5.60 Å². The van der Waals surface area contributed by atoms with Crippen molar-refractivity contribution in [2.75, 3.05) is 0 Å². The van der Waals surface area contributed by atoms with E-state index in [9.17, 15) is 9.50 Å². The van der Waals surface area contributed by atoms with Crippen molar-refractivity contribution in [1.82, 2.24) is 0 Å². The molecule has 0 aliphatic rings. The van der Waals surface area contributed by atoms with Crippen LogP contribution in [0, 0.1) is 5.82 Å². The highest BCUT2D eigenvalue weighted by Crippen LogP contribution is 2.32. The number of aliphatic hydroxyl groups is 1. The molecule has 0 amide bonds. The Kier molecular flexibility index (Phi) is 2.92. The van der Waals surface area contributed by atoms with Crippen molar-refractivity contribution in [1.29, 1.82) is 0 Å². The van der Waals surface area contributed by atoms with Gasteiger partial charge in [-0.1, -0.05) is 26.8 Å². The molecule has 0 unspecified atom stereocenters. The Balaban J connectivity index is 3.41. The van der Waals surface area contributed by atoms with Gasteiger partial charge in [-0.3, -0.25) is 0 Å². The molecule has 0 spiro atoms. The van der Waals surface area contributed by atoms with E-state index in [4.69, 9.17) is 0 Å². The fraction of sp³-hybridized carbons (Fsp3) is 0.538. The maximum Gasteiger partial charge on any atom is 0.123 e. The highest BCUT2D eigenvalue weighted by atomic mass is 19.1. The molecule has 2 heteroatoms. The van der Waals surface area contributed by atoms with Crippen LogP contribution in [0.25, 0.3) is 0 Å². The highest BCUT2D eigenvalue weighted by molar-refractivity contribution is 5.36. The summed E-state index contributed by atoms with van der Waals surface area (Å²) in [5.74, 6) is -0.305. The number of benzene rings is 1. The third-order valence-corrected chi connectivity index (χ3v) is 2.45. The fourth-order valence-electron chi connectivity index (χ4n) is 1.68. The average Bonchev–Trinajstić information content (AvgIpc) is 2.00. The largest absolute Gasteiger partial charge is 0.386 e. The Morgan fingerprint density at radius 3 is 1.93 bits per heavy atom. The first kappa shape index (κ1) is 12.2. The normalized spacial score (nSPS) is 13.0. The second kappa shape index (κ2) is 3.60. The number of hydrogen-bond donors (Lipinski definition) is 1. The lowest BCUT2D eigenvalue weighted by Crippen LogP contribution is -2.24. The minimum Gasteiger partial charge on any atom is -0.386 e. The average molecular weight is 210 g/mol. The SMILES string of the molecule is CC(C)(C)c1ccc(F)cc1C(C)(C)O. The van der Waals surface area contributed by atoms with Crippen LogP contribution in [-0.2, 0) is 11.0 Å². The zero-order chi connectivity index (χ0) is 11.9. The summed E-state index contributed by atoms with van der Waals surface area (Å²) in [6.45, 7) is 9.51. The van der Waals surface area contributed by atoms with Crippen LogP contribution in [0.4, 0.5) is 4.39 Å². The molecule has 0 atom stereocenters. The molecule has 1 nitrogen and oxygen atoms in total. The zero-order valence-electron chi connectivity index (χ0n) is 10.1. The summed E-state index contributed by atoms with van der Waals surface area (Å²) in [6, 6.07) is 4.61. The Labute approximate surface area is 90.9 Å². The molecule has 0 radical (unpaired) electrons. The van der Waals surface area contributed by atoms with Gasteiger partial charge >= 0.3 is 0 Å². The number of rotatable bonds is 1. The maximum atomic E-state index is 13.2. The van der Waals surface area contributed by atoms with Crippen LogP contribution in [0.3, 0.4) is 0 Å². The van der Waals surface area contributed by atoms with Crippen molar-refractivity contribution in [2.45, 2.75) is 45.6 Å². The zero-order valence-corrected chi connectivity index (χ0v) is 10.1. The molecule has 1 aromatic carbocycles. The van der Waals surface area contributed by atoms with Crippen LogP contribution in [0.1, 0.15) is 45.7 Å². The van der Waals surface area contributed by atoms with Gasteiger partial charge in [-0.05, 0) is 42.5 Å². The molecule has 0 aliphatic heterocycles. The van der Waals surface area contributed by atoms with E-state index in [-0.39, 0.29) is 11.2 Å². The van der Waals surface area contributed by atoms with Gasteiger partial charge in [0.1, 0.15) is 5.82 Å². The van der Waals surface area contributed by atoms with E-state index in [1.807, 2.05) is 0 Å². The Morgan fingerprint density at radius 2 is 1.53 bits per heavy atom. The molecule has 84 valence electrons. The molecule has 0 heterocycles. The highest BCUT2D eigenvalue weighted by Gasteiger charge is 2.26. The summed E-state index contributed by atoms with van der Waals surface area (Å²) >= 11 is 0. The quantitative estimate of drug-likeness (QED) is 0.753. The van der Waals surface area contributed by atoms with Crippen LogP contribution in [0.5, 0.6) is 0 Å². The summed E-state index contributed by atoms with van der Waals surface area (Å²) < 4.78 is 13.2. The summed E-state index contributed by atoms with van der Waals surface area (Å²) in [4.78, 5) is 0. The molecule has 1 rings (SSSR count). The van der Waals surface area contributed by atoms with E-state index in [0.717, 1.165) is 5.56 Å². The summed E-state index contributed by atoms with van der Waals surface area (Å²) in [6.07, 6.45) is 0. The molecule has 0 bridgehead atoms. The lowest BCUT2D eigenvalue weighted by Gasteiger charge is -2.29. The minimum absolute atomic E-state index is 0.0942. The summed E-state index contributed by atoms with van der Waals surface area (Å²) in [5, 5.41) is 9.99. The summed E-state index contributed by atoms with van der Waals surface area (Å²) in [5.41, 5.74) is 0.541. The number of halogens is 1. The molecule has 0 saturated carbocycles. The molecular weight excluding hydrogens is 191 g/mol. The van der Waals surface area contributed by atoms with Gasteiger partial charge in [0.2, 0.25) is 0 Å².